The van der Waals surface area contributed by atoms with Crippen LogP contribution in [0, 0.1) is 6.92 Å². The van der Waals surface area contributed by atoms with Crippen LogP contribution >= 0.6 is 0 Å². The van der Waals surface area contributed by atoms with Gasteiger partial charge in [0, 0.05) is 12.7 Å². The molecule has 0 fully saturated rings. The summed E-state index contributed by atoms with van der Waals surface area (Å²) in [5.74, 6) is 0.292. The molecule has 0 atom stereocenters. The minimum absolute atomic E-state index is 0.0240. The van der Waals surface area contributed by atoms with Crippen LogP contribution in [0.15, 0.2) is 65.7 Å². The van der Waals surface area contributed by atoms with Crippen molar-refractivity contribution >= 4 is 21.8 Å². The van der Waals surface area contributed by atoms with Crippen molar-refractivity contribution in [3.8, 4) is 5.75 Å². The van der Waals surface area contributed by atoms with Crippen LogP contribution < -0.4 is 14.4 Å². The van der Waals surface area contributed by atoms with Gasteiger partial charge in [-0.3, -0.25) is 4.90 Å². The monoisotopic (exact) mass is 344 g/mol. The maximum absolute atomic E-state index is 12.4. The molecule has 0 saturated heterocycles. The van der Waals surface area contributed by atoms with Gasteiger partial charge in [-0.15, -0.1) is 0 Å². The zero-order valence-electron chi connectivity index (χ0n) is 13.0. The summed E-state index contributed by atoms with van der Waals surface area (Å²) >= 11 is 0. The maximum atomic E-state index is 12.4. The number of rotatable bonds is 4. The molecule has 1 heterocycles. The fourth-order valence-corrected chi connectivity index (χ4v) is 3.24. The minimum Gasteiger partial charge on any atom is -0.379 e. The van der Waals surface area contributed by atoms with Crippen molar-refractivity contribution in [2.75, 3.05) is 11.4 Å². The van der Waals surface area contributed by atoms with Crippen molar-refractivity contribution in [2.45, 2.75) is 11.8 Å². The number of benzene rings is 2. The summed E-state index contributed by atoms with van der Waals surface area (Å²) < 4.78 is 29.9. The molecular formula is C17H16N2O4S. The van der Waals surface area contributed by atoms with Gasteiger partial charge in [0.1, 0.15) is 10.6 Å². The number of hydrogen-bond acceptors (Lipinski definition) is 4. The molecule has 6 nitrogen and oxygen atoms in total. The van der Waals surface area contributed by atoms with E-state index in [2.05, 4.69) is 5.32 Å². The van der Waals surface area contributed by atoms with Crippen LogP contribution in [0.5, 0.6) is 5.75 Å². The number of nitrogens with one attached hydrogen (secondary N) is 1. The van der Waals surface area contributed by atoms with Gasteiger partial charge in [-0.2, -0.15) is 8.42 Å². The van der Waals surface area contributed by atoms with Crippen molar-refractivity contribution in [2.24, 2.45) is 0 Å². The van der Waals surface area contributed by atoms with Crippen LogP contribution in [-0.4, -0.2) is 21.0 Å². The van der Waals surface area contributed by atoms with Crippen molar-refractivity contribution in [1.29, 1.82) is 0 Å². The van der Waals surface area contributed by atoms with Crippen LogP contribution in [0.1, 0.15) is 5.56 Å². The van der Waals surface area contributed by atoms with E-state index in [1.54, 1.807) is 55.6 Å². The Morgan fingerprint density at radius 1 is 1.08 bits per heavy atom. The zero-order valence-corrected chi connectivity index (χ0v) is 13.8. The Labute approximate surface area is 140 Å². The van der Waals surface area contributed by atoms with Gasteiger partial charge in [-0.25, -0.2) is 4.79 Å². The maximum Gasteiger partial charge on any atom is 0.339 e. The third-order valence-electron chi connectivity index (χ3n) is 3.54. The smallest absolute Gasteiger partial charge is 0.339 e. The third kappa shape index (κ3) is 3.26. The third-order valence-corrected chi connectivity index (χ3v) is 4.79. The predicted octanol–water partition coefficient (Wildman–Crippen LogP) is 2.81. The fraction of sp³-hybridized carbons (Fsp3) is 0.118. The number of carbonyl (C=O) groups is 1. The summed E-state index contributed by atoms with van der Waals surface area (Å²) in [6.45, 7) is 2.25. The summed E-state index contributed by atoms with van der Waals surface area (Å²) in [5.41, 5.74) is 1.30. The van der Waals surface area contributed by atoms with E-state index in [9.17, 15) is 13.2 Å². The molecule has 0 aliphatic carbocycles. The first-order valence-electron chi connectivity index (χ1n) is 7.31. The molecule has 0 unspecified atom stereocenters. The summed E-state index contributed by atoms with van der Waals surface area (Å²) in [7, 11) is -3.93. The molecule has 3 rings (SSSR count). The Kier molecular flexibility index (Phi) is 4.26. The van der Waals surface area contributed by atoms with Gasteiger partial charge in [0.15, 0.2) is 0 Å². The first-order valence-corrected chi connectivity index (χ1v) is 8.72. The number of nitrogens with zero attached hydrogens (tertiary/aromatic N) is 1. The lowest BCUT2D eigenvalue weighted by Crippen LogP contribution is -2.39. The number of amides is 2. The molecule has 1 aliphatic heterocycles. The zero-order chi connectivity index (χ0) is 17.2. The topological polar surface area (TPSA) is 75.7 Å². The number of carbonyl (C=O) groups excluding carboxylic acids is 1. The SMILES string of the molecule is Cc1ccccc1OS(=O)(=O)c1ccc(N2C=CCNC2=O)cc1. The largest absolute Gasteiger partial charge is 0.379 e. The van der Waals surface area contributed by atoms with E-state index < -0.39 is 10.1 Å². The lowest BCUT2D eigenvalue weighted by molar-refractivity contribution is 0.248. The summed E-state index contributed by atoms with van der Waals surface area (Å²) in [6.07, 6.45) is 3.44. The van der Waals surface area contributed by atoms with Crippen LogP contribution in [0.25, 0.3) is 0 Å². The second-order valence-corrected chi connectivity index (χ2v) is 6.78. The first kappa shape index (κ1) is 16.1. The highest BCUT2D eigenvalue weighted by Gasteiger charge is 2.20. The lowest BCUT2D eigenvalue weighted by atomic mass is 10.2. The highest BCUT2D eigenvalue weighted by molar-refractivity contribution is 7.87. The second-order valence-electron chi connectivity index (χ2n) is 5.24. The van der Waals surface area contributed by atoms with E-state index in [-0.39, 0.29) is 10.9 Å². The van der Waals surface area contributed by atoms with Crippen LogP contribution in [0.3, 0.4) is 0 Å². The number of hydrogen-bond donors (Lipinski definition) is 1. The molecule has 124 valence electrons. The van der Waals surface area contributed by atoms with Gasteiger partial charge in [0.25, 0.3) is 0 Å². The molecule has 0 spiro atoms. The molecule has 2 aromatic rings. The van der Waals surface area contributed by atoms with Gasteiger partial charge in [0.2, 0.25) is 0 Å². The van der Waals surface area contributed by atoms with Gasteiger partial charge < -0.3 is 9.50 Å². The van der Waals surface area contributed by atoms with Crippen molar-refractivity contribution in [1.82, 2.24) is 5.32 Å². The van der Waals surface area contributed by atoms with Crippen LogP contribution in [0.2, 0.25) is 0 Å². The summed E-state index contributed by atoms with van der Waals surface area (Å²) in [5, 5.41) is 2.67. The molecule has 0 saturated carbocycles. The average molecular weight is 344 g/mol. The normalized spacial score (nSPS) is 14.4. The predicted molar refractivity (Wildman–Crippen MR) is 90.5 cm³/mol. The van der Waals surface area contributed by atoms with Gasteiger partial charge in [-0.05, 0) is 48.9 Å². The molecule has 0 radical (unpaired) electrons. The fourth-order valence-electron chi connectivity index (χ4n) is 2.25. The molecular weight excluding hydrogens is 328 g/mol. The van der Waals surface area contributed by atoms with Crippen molar-refractivity contribution < 1.29 is 17.4 Å². The Bertz CT molecular complexity index is 889. The lowest BCUT2D eigenvalue weighted by Gasteiger charge is -2.22. The number of para-hydroxylation sites is 1. The van der Waals surface area contributed by atoms with Crippen molar-refractivity contribution in [3.05, 3.63) is 66.4 Å². The molecule has 7 heteroatoms. The summed E-state index contributed by atoms with van der Waals surface area (Å²) in [4.78, 5) is 13.2. The van der Waals surface area contributed by atoms with Gasteiger partial charge in [-0.1, -0.05) is 18.2 Å². The Morgan fingerprint density at radius 3 is 2.46 bits per heavy atom. The standard InChI is InChI=1S/C17H16N2O4S/c1-13-5-2-3-6-16(13)23-24(21,22)15-9-7-14(8-10-15)19-12-4-11-18-17(19)20/h2-10,12H,11H2,1H3,(H,18,20). The average Bonchev–Trinajstić information content (AvgIpc) is 2.57. The van der Waals surface area contributed by atoms with E-state index in [1.807, 2.05) is 0 Å². The van der Waals surface area contributed by atoms with E-state index in [0.717, 1.165) is 5.56 Å². The molecule has 2 aromatic carbocycles. The number of urea groups is 1. The summed E-state index contributed by atoms with van der Waals surface area (Å²) in [6, 6.07) is 12.6. The Balaban J connectivity index is 1.84. The second kappa shape index (κ2) is 6.37. The molecule has 24 heavy (non-hydrogen) atoms. The Morgan fingerprint density at radius 2 is 1.79 bits per heavy atom. The molecule has 1 N–H and O–H groups in total. The molecule has 0 aromatic heterocycles. The van der Waals surface area contributed by atoms with Gasteiger partial charge >= 0.3 is 16.1 Å². The highest BCUT2D eigenvalue weighted by atomic mass is 32.2. The molecule has 2 amide bonds. The quantitative estimate of drug-likeness (QED) is 0.866. The molecule has 0 bridgehead atoms. The number of anilines is 1. The van der Waals surface area contributed by atoms with Crippen LogP contribution in [-0.2, 0) is 10.1 Å². The van der Waals surface area contributed by atoms with Crippen molar-refractivity contribution in [3.63, 3.8) is 0 Å². The minimum atomic E-state index is -3.93. The van der Waals surface area contributed by atoms with E-state index in [1.165, 1.54) is 17.0 Å². The van der Waals surface area contributed by atoms with E-state index in [0.29, 0.717) is 18.0 Å². The number of aryl methyl sites for hydroxylation is 1. The van der Waals surface area contributed by atoms with E-state index in [4.69, 9.17) is 4.18 Å². The Hall–Kier alpha value is -2.80. The van der Waals surface area contributed by atoms with Crippen LogP contribution in [0.4, 0.5) is 10.5 Å². The van der Waals surface area contributed by atoms with Gasteiger partial charge in [0.05, 0.1) is 5.69 Å². The molecule has 1 aliphatic rings. The highest BCUT2D eigenvalue weighted by Crippen LogP contribution is 2.24. The van der Waals surface area contributed by atoms with E-state index >= 15 is 0 Å². The first-order chi connectivity index (χ1) is 11.5.